The Morgan fingerprint density at radius 3 is 2.88 bits per heavy atom. The van der Waals surface area contributed by atoms with Crippen molar-refractivity contribution in [2.75, 3.05) is 12.3 Å². The van der Waals surface area contributed by atoms with Crippen molar-refractivity contribution in [1.82, 2.24) is 4.90 Å². The van der Waals surface area contributed by atoms with Gasteiger partial charge in [0.1, 0.15) is 0 Å². The van der Waals surface area contributed by atoms with Gasteiger partial charge in [-0.05, 0) is 6.92 Å². The monoisotopic (exact) mass is 246 g/mol. The molecule has 6 nitrogen and oxygen atoms in total. The van der Waals surface area contributed by atoms with Gasteiger partial charge >= 0.3 is 0 Å². The molecule has 2 N–H and O–H groups in total. The second kappa shape index (κ2) is 5.86. The van der Waals surface area contributed by atoms with Gasteiger partial charge in [0.2, 0.25) is 11.8 Å². The number of likely N-dealkylation sites (tertiary alicyclic amines) is 1. The molecule has 0 bridgehead atoms. The summed E-state index contributed by atoms with van der Waals surface area (Å²) < 4.78 is 4.48. The third kappa shape index (κ3) is 2.96. The van der Waals surface area contributed by atoms with Gasteiger partial charge < -0.3 is 4.74 Å². The number of imide groups is 1. The van der Waals surface area contributed by atoms with E-state index < -0.39 is 11.5 Å². The number of carbonyl (C=O) groups excluding carboxylic acids is 3. The van der Waals surface area contributed by atoms with Crippen molar-refractivity contribution < 1.29 is 19.1 Å². The third-order valence-corrected chi connectivity index (χ3v) is 3.50. The lowest BCUT2D eigenvalue weighted by Crippen LogP contribution is -2.32. The van der Waals surface area contributed by atoms with Crippen LogP contribution in [0.3, 0.4) is 0 Å². The molecular formula is C9H14N2O4S. The van der Waals surface area contributed by atoms with Crippen molar-refractivity contribution in [2.24, 2.45) is 5.73 Å². The number of carbonyl (C=O) groups is 3. The topological polar surface area (TPSA) is 89.7 Å². The van der Waals surface area contributed by atoms with Crippen molar-refractivity contribution in [3.8, 4) is 0 Å². The number of thioether (sulfide) groups is 1. The first-order valence-electron chi connectivity index (χ1n) is 4.90. The zero-order valence-electron chi connectivity index (χ0n) is 8.92. The van der Waals surface area contributed by atoms with Gasteiger partial charge in [-0.1, -0.05) is 0 Å². The van der Waals surface area contributed by atoms with Gasteiger partial charge in [0.05, 0.1) is 5.25 Å². The lowest BCUT2D eigenvalue weighted by Gasteiger charge is -2.13. The van der Waals surface area contributed by atoms with Gasteiger partial charge in [-0.2, -0.15) is 0 Å². The summed E-state index contributed by atoms with van der Waals surface area (Å²) in [7, 11) is 0. The lowest BCUT2D eigenvalue weighted by atomic mass is 10.4. The summed E-state index contributed by atoms with van der Waals surface area (Å²) in [5, 5.41) is -0.395. The first kappa shape index (κ1) is 13.0. The van der Waals surface area contributed by atoms with Crippen molar-refractivity contribution in [3.05, 3.63) is 0 Å². The van der Waals surface area contributed by atoms with Crippen LogP contribution in [0.5, 0.6) is 0 Å². The second-order valence-corrected chi connectivity index (χ2v) is 4.51. The maximum atomic E-state index is 11.7. The summed E-state index contributed by atoms with van der Waals surface area (Å²) in [6.45, 7) is 2.42. The van der Waals surface area contributed by atoms with Crippen LogP contribution >= 0.6 is 11.8 Å². The van der Waals surface area contributed by atoms with Gasteiger partial charge in [-0.15, -0.1) is 11.8 Å². The summed E-state index contributed by atoms with van der Waals surface area (Å²) in [5.74, 6) is -0.0364. The number of hydrogen-bond donors (Lipinski definition) is 1. The van der Waals surface area contributed by atoms with Crippen LogP contribution in [-0.2, 0) is 19.1 Å². The minimum Gasteiger partial charge on any atom is -0.448 e. The highest BCUT2D eigenvalue weighted by molar-refractivity contribution is 8.00. The molecular weight excluding hydrogens is 232 g/mol. The maximum absolute atomic E-state index is 11.7. The Balaban J connectivity index is 2.42. The standard InChI is InChI=1S/C9H14N2O4S/c1-2-11-8(13)3-6(9(11)14)16-4-7(10)15-5-12/h5-7H,2-4,10H2,1H3. The number of nitrogens with two attached hydrogens (primary N) is 1. The van der Waals surface area contributed by atoms with E-state index in [9.17, 15) is 14.4 Å². The molecule has 1 heterocycles. The molecule has 2 atom stereocenters. The molecule has 90 valence electrons. The summed E-state index contributed by atoms with van der Waals surface area (Å²) in [6, 6.07) is 0. The van der Waals surface area contributed by atoms with Crippen LogP contribution in [0.2, 0.25) is 0 Å². The van der Waals surface area contributed by atoms with Gasteiger partial charge in [0, 0.05) is 18.7 Å². The van der Waals surface area contributed by atoms with Crippen molar-refractivity contribution >= 4 is 30.0 Å². The first-order chi connectivity index (χ1) is 7.60. The molecule has 1 aliphatic rings. The Kier molecular flexibility index (Phi) is 4.75. The van der Waals surface area contributed by atoms with Crippen LogP contribution in [0.25, 0.3) is 0 Å². The van der Waals surface area contributed by atoms with Gasteiger partial charge in [-0.25, -0.2) is 0 Å². The predicted molar refractivity (Wildman–Crippen MR) is 58.4 cm³/mol. The van der Waals surface area contributed by atoms with Crippen LogP contribution in [0, 0.1) is 0 Å². The molecule has 1 saturated heterocycles. The predicted octanol–water partition coefficient (Wildman–Crippen LogP) is -0.675. The SMILES string of the molecule is CCN1C(=O)CC(SCC(N)OC=O)C1=O. The highest BCUT2D eigenvalue weighted by atomic mass is 32.2. The van der Waals surface area contributed by atoms with E-state index in [1.807, 2.05) is 0 Å². The van der Waals surface area contributed by atoms with Crippen molar-refractivity contribution in [2.45, 2.75) is 24.8 Å². The molecule has 0 spiro atoms. The van der Waals surface area contributed by atoms with E-state index >= 15 is 0 Å². The molecule has 16 heavy (non-hydrogen) atoms. The smallest absolute Gasteiger partial charge is 0.294 e. The Hall–Kier alpha value is -1.08. The van der Waals surface area contributed by atoms with Gasteiger partial charge in [-0.3, -0.25) is 25.0 Å². The minimum atomic E-state index is -0.735. The Morgan fingerprint density at radius 2 is 2.38 bits per heavy atom. The fraction of sp³-hybridized carbons (Fsp3) is 0.667. The Bertz CT molecular complexity index is 297. The molecule has 1 aliphatic heterocycles. The fourth-order valence-corrected chi connectivity index (χ4v) is 2.47. The summed E-state index contributed by atoms with van der Waals surface area (Å²) in [6.07, 6.45) is -0.536. The number of rotatable bonds is 6. The average molecular weight is 246 g/mol. The second-order valence-electron chi connectivity index (χ2n) is 3.27. The maximum Gasteiger partial charge on any atom is 0.294 e. The summed E-state index contributed by atoms with van der Waals surface area (Å²) >= 11 is 1.24. The molecule has 0 aliphatic carbocycles. The minimum absolute atomic E-state index is 0.158. The van der Waals surface area contributed by atoms with E-state index in [0.29, 0.717) is 12.3 Å². The lowest BCUT2D eigenvalue weighted by molar-refractivity contribution is -0.138. The third-order valence-electron chi connectivity index (χ3n) is 2.21. The highest BCUT2D eigenvalue weighted by Gasteiger charge is 2.37. The Morgan fingerprint density at radius 1 is 1.69 bits per heavy atom. The molecule has 7 heteroatoms. The summed E-state index contributed by atoms with van der Waals surface area (Å²) in [4.78, 5) is 34.2. The summed E-state index contributed by atoms with van der Waals surface area (Å²) in [5.41, 5.74) is 5.43. The van der Waals surface area contributed by atoms with Gasteiger partial charge in [0.15, 0.2) is 6.23 Å². The van der Waals surface area contributed by atoms with Crippen LogP contribution < -0.4 is 5.73 Å². The van der Waals surface area contributed by atoms with Crippen LogP contribution in [-0.4, -0.2) is 47.0 Å². The van der Waals surface area contributed by atoms with E-state index in [2.05, 4.69) is 4.74 Å². The number of hydrogen-bond acceptors (Lipinski definition) is 6. The molecule has 0 radical (unpaired) electrons. The van der Waals surface area contributed by atoms with E-state index in [0.717, 1.165) is 0 Å². The number of nitrogens with zero attached hydrogens (tertiary/aromatic N) is 1. The van der Waals surface area contributed by atoms with Gasteiger partial charge in [0.25, 0.3) is 6.47 Å². The van der Waals surface area contributed by atoms with Crippen LogP contribution in [0.1, 0.15) is 13.3 Å². The highest BCUT2D eigenvalue weighted by Crippen LogP contribution is 2.25. The fourth-order valence-electron chi connectivity index (χ4n) is 1.44. The van der Waals surface area contributed by atoms with Crippen molar-refractivity contribution in [3.63, 3.8) is 0 Å². The normalized spacial score (nSPS) is 22.4. The molecule has 0 saturated carbocycles. The van der Waals surface area contributed by atoms with E-state index in [-0.39, 0.29) is 24.7 Å². The first-order valence-corrected chi connectivity index (χ1v) is 5.95. The molecule has 1 fully saturated rings. The average Bonchev–Trinajstić information content (AvgIpc) is 2.51. The number of ether oxygens (including phenoxy) is 1. The molecule has 0 aromatic rings. The van der Waals surface area contributed by atoms with E-state index in [4.69, 9.17) is 5.73 Å². The molecule has 0 aromatic carbocycles. The molecule has 0 aromatic heterocycles. The number of amides is 2. The zero-order valence-corrected chi connectivity index (χ0v) is 9.74. The van der Waals surface area contributed by atoms with E-state index in [1.54, 1.807) is 6.92 Å². The van der Waals surface area contributed by atoms with E-state index in [1.165, 1.54) is 16.7 Å². The van der Waals surface area contributed by atoms with Crippen LogP contribution in [0.4, 0.5) is 0 Å². The largest absolute Gasteiger partial charge is 0.448 e. The molecule has 1 rings (SSSR count). The quantitative estimate of drug-likeness (QED) is 0.379. The van der Waals surface area contributed by atoms with Crippen LogP contribution in [0.15, 0.2) is 0 Å². The molecule has 2 amide bonds. The molecule has 2 unspecified atom stereocenters. The van der Waals surface area contributed by atoms with Crippen molar-refractivity contribution in [1.29, 1.82) is 0 Å². The zero-order chi connectivity index (χ0) is 12.1. The Labute approximate surface area is 97.5 Å².